The van der Waals surface area contributed by atoms with E-state index in [0.717, 1.165) is 16.0 Å². The minimum atomic E-state index is 0.277. The molecule has 2 aromatic rings. The highest BCUT2D eigenvalue weighted by atomic mass is 79.9. The number of halogens is 2. The zero-order chi connectivity index (χ0) is 13.8. The molecule has 0 heterocycles. The zero-order valence-corrected chi connectivity index (χ0v) is 13.4. The van der Waals surface area contributed by atoms with Crippen molar-refractivity contribution in [3.8, 4) is 0 Å². The first-order valence-electron chi connectivity index (χ1n) is 6.30. The van der Waals surface area contributed by atoms with Gasteiger partial charge in [-0.25, -0.2) is 0 Å². The van der Waals surface area contributed by atoms with E-state index in [-0.39, 0.29) is 6.04 Å². The summed E-state index contributed by atoms with van der Waals surface area (Å²) < 4.78 is 1.15. The number of aryl methyl sites for hydroxylation is 1. The van der Waals surface area contributed by atoms with Gasteiger partial charge in [0, 0.05) is 22.1 Å². The molecule has 0 spiro atoms. The maximum atomic E-state index is 6.01. The summed E-state index contributed by atoms with van der Waals surface area (Å²) in [6, 6.07) is 14.7. The summed E-state index contributed by atoms with van der Waals surface area (Å²) in [5.41, 5.74) is 3.73. The Bertz CT molecular complexity index is 568. The van der Waals surface area contributed by atoms with E-state index < -0.39 is 0 Å². The molecule has 1 atom stereocenters. The van der Waals surface area contributed by atoms with Crippen LogP contribution >= 0.6 is 27.5 Å². The van der Waals surface area contributed by atoms with Crippen LogP contribution in [0.2, 0.25) is 5.02 Å². The molecule has 0 fully saturated rings. The second-order valence-corrected chi connectivity index (χ2v) is 6.03. The second-order valence-electron chi connectivity index (χ2n) is 4.74. The van der Waals surface area contributed by atoms with Gasteiger partial charge in [0.15, 0.2) is 0 Å². The molecule has 0 unspecified atom stereocenters. The summed E-state index contributed by atoms with van der Waals surface area (Å²) in [4.78, 5) is 0. The molecule has 0 amide bonds. The molecule has 0 aliphatic heterocycles. The Morgan fingerprint density at radius 2 is 2.00 bits per heavy atom. The molecule has 19 heavy (non-hydrogen) atoms. The molecular weight excluding hydrogens is 322 g/mol. The maximum absolute atomic E-state index is 6.01. The van der Waals surface area contributed by atoms with Gasteiger partial charge < -0.3 is 5.32 Å². The van der Waals surface area contributed by atoms with E-state index in [1.54, 1.807) is 0 Å². The fraction of sp³-hybridized carbons (Fsp3) is 0.250. The SMILES string of the molecule is Cc1ccc(CN[C@H](C)c2cccc(Cl)c2)cc1Br. The van der Waals surface area contributed by atoms with E-state index in [2.05, 4.69) is 59.4 Å². The summed E-state index contributed by atoms with van der Waals surface area (Å²) >= 11 is 9.57. The lowest BCUT2D eigenvalue weighted by molar-refractivity contribution is 0.574. The van der Waals surface area contributed by atoms with Crippen LogP contribution in [0, 0.1) is 6.92 Å². The first-order valence-corrected chi connectivity index (χ1v) is 7.47. The predicted molar refractivity (Wildman–Crippen MR) is 85.6 cm³/mol. The van der Waals surface area contributed by atoms with Crippen LogP contribution in [0.15, 0.2) is 46.9 Å². The second kappa shape index (κ2) is 6.56. The van der Waals surface area contributed by atoms with Crippen LogP contribution in [0.1, 0.15) is 29.7 Å². The smallest absolute Gasteiger partial charge is 0.0409 e. The number of benzene rings is 2. The molecule has 100 valence electrons. The third-order valence-electron chi connectivity index (χ3n) is 3.20. The van der Waals surface area contributed by atoms with Crippen LogP contribution < -0.4 is 5.32 Å². The van der Waals surface area contributed by atoms with Crippen molar-refractivity contribution >= 4 is 27.5 Å². The van der Waals surface area contributed by atoms with Gasteiger partial charge >= 0.3 is 0 Å². The Labute approximate surface area is 128 Å². The van der Waals surface area contributed by atoms with E-state index in [4.69, 9.17) is 11.6 Å². The van der Waals surface area contributed by atoms with E-state index >= 15 is 0 Å². The van der Waals surface area contributed by atoms with Gasteiger partial charge in [-0.2, -0.15) is 0 Å². The van der Waals surface area contributed by atoms with E-state index in [1.807, 2.05) is 18.2 Å². The molecule has 2 rings (SSSR count). The monoisotopic (exact) mass is 337 g/mol. The fourth-order valence-electron chi connectivity index (χ4n) is 1.91. The largest absolute Gasteiger partial charge is 0.306 e. The summed E-state index contributed by atoms with van der Waals surface area (Å²) in [7, 11) is 0. The Hall–Kier alpha value is -0.830. The Balaban J connectivity index is 2.00. The molecule has 0 aromatic heterocycles. The molecule has 0 saturated heterocycles. The molecular formula is C16H17BrClN. The minimum Gasteiger partial charge on any atom is -0.306 e. The van der Waals surface area contributed by atoms with E-state index in [0.29, 0.717) is 0 Å². The van der Waals surface area contributed by atoms with Crippen molar-refractivity contribution in [2.24, 2.45) is 0 Å². The molecule has 0 aliphatic carbocycles. The van der Waals surface area contributed by atoms with Crippen molar-refractivity contribution in [3.63, 3.8) is 0 Å². The van der Waals surface area contributed by atoms with Gasteiger partial charge in [0.05, 0.1) is 0 Å². The van der Waals surface area contributed by atoms with Gasteiger partial charge in [-0.05, 0) is 48.7 Å². The van der Waals surface area contributed by atoms with Crippen LogP contribution in [0.25, 0.3) is 0 Å². The minimum absolute atomic E-state index is 0.277. The third-order valence-corrected chi connectivity index (χ3v) is 4.29. The average Bonchev–Trinajstić information content (AvgIpc) is 2.40. The number of hydrogen-bond donors (Lipinski definition) is 1. The van der Waals surface area contributed by atoms with Crippen LogP contribution in [0.3, 0.4) is 0 Å². The number of rotatable bonds is 4. The Morgan fingerprint density at radius 3 is 2.68 bits per heavy atom. The molecule has 0 radical (unpaired) electrons. The van der Waals surface area contributed by atoms with Gasteiger partial charge in [-0.15, -0.1) is 0 Å². The average molecular weight is 339 g/mol. The normalized spacial score (nSPS) is 12.4. The highest BCUT2D eigenvalue weighted by Gasteiger charge is 2.05. The molecule has 0 saturated carbocycles. The van der Waals surface area contributed by atoms with Crippen molar-refractivity contribution < 1.29 is 0 Å². The van der Waals surface area contributed by atoms with Gasteiger partial charge in [-0.1, -0.05) is 51.8 Å². The number of hydrogen-bond acceptors (Lipinski definition) is 1. The maximum Gasteiger partial charge on any atom is 0.0409 e. The summed E-state index contributed by atoms with van der Waals surface area (Å²) in [5, 5.41) is 4.29. The van der Waals surface area contributed by atoms with Crippen LogP contribution in [-0.4, -0.2) is 0 Å². The van der Waals surface area contributed by atoms with E-state index in [9.17, 15) is 0 Å². The van der Waals surface area contributed by atoms with E-state index in [1.165, 1.54) is 16.7 Å². The van der Waals surface area contributed by atoms with Crippen molar-refractivity contribution in [3.05, 3.63) is 68.7 Å². The van der Waals surface area contributed by atoms with Crippen molar-refractivity contribution in [2.75, 3.05) is 0 Å². The van der Waals surface area contributed by atoms with Crippen molar-refractivity contribution in [1.82, 2.24) is 5.32 Å². The summed E-state index contributed by atoms with van der Waals surface area (Å²) in [6.45, 7) is 5.08. The topological polar surface area (TPSA) is 12.0 Å². The van der Waals surface area contributed by atoms with Crippen LogP contribution in [-0.2, 0) is 6.54 Å². The zero-order valence-electron chi connectivity index (χ0n) is 11.1. The molecule has 1 nitrogen and oxygen atoms in total. The van der Waals surface area contributed by atoms with Crippen molar-refractivity contribution in [1.29, 1.82) is 0 Å². The third kappa shape index (κ3) is 4.07. The molecule has 0 aliphatic rings. The molecule has 2 aromatic carbocycles. The molecule has 1 N–H and O–H groups in total. The lowest BCUT2D eigenvalue weighted by atomic mass is 10.1. The first-order chi connectivity index (χ1) is 9.06. The Kier molecular flexibility index (Phi) is 5.03. The van der Waals surface area contributed by atoms with Crippen molar-refractivity contribution in [2.45, 2.75) is 26.4 Å². The molecule has 3 heteroatoms. The lowest BCUT2D eigenvalue weighted by Crippen LogP contribution is -2.18. The quantitative estimate of drug-likeness (QED) is 0.801. The lowest BCUT2D eigenvalue weighted by Gasteiger charge is -2.15. The summed E-state index contributed by atoms with van der Waals surface area (Å²) in [5.74, 6) is 0. The van der Waals surface area contributed by atoms with Crippen LogP contribution in [0.4, 0.5) is 0 Å². The first kappa shape index (κ1) is 14.6. The summed E-state index contributed by atoms with van der Waals surface area (Å²) in [6.07, 6.45) is 0. The van der Waals surface area contributed by atoms with Crippen LogP contribution in [0.5, 0.6) is 0 Å². The van der Waals surface area contributed by atoms with Gasteiger partial charge in [0.1, 0.15) is 0 Å². The van der Waals surface area contributed by atoms with Gasteiger partial charge in [-0.3, -0.25) is 0 Å². The van der Waals surface area contributed by atoms with Gasteiger partial charge in [0.25, 0.3) is 0 Å². The molecule has 0 bridgehead atoms. The highest BCUT2D eigenvalue weighted by Crippen LogP contribution is 2.20. The number of nitrogens with one attached hydrogen (secondary N) is 1. The fourth-order valence-corrected chi connectivity index (χ4v) is 2.54. The van der Waals surface area contributed by atoms with Gasteiger partial charge in [0.2, 0.25) is 0 Å². The Morgan fingerprint density at radius 1 is 1.21 bits per heavy atom. The standard InChI is InChI=1S/C16H17BrClN/c1-11-6-7-13(8-16(11)17)10-19-12(2)14-4-3-5-15(18)9-14/h3-9,12,19H,10H2,1-2H3/t12-/m1/s1. The highest BCUT2D eigenvalue weighted by molar-refractivity contribution is 9.10. The predicted octanol–water partition coefficient (Wildman–Crippen LogP) is 5.26.